The molecule has 0 aromatic heterocycles. The van der Waals surface area contributed by atoms with Gasteiger partial charge in [0.1, 0.15) is 0 Å². The van der Waals surface area contributed by atoms with Crippen LogP contribution in [0.1, 0.15) is 51.1 Å². The highest BCUT2D eigenvalue weighted by Gasteiger charge is 2.23. The molecule has 24 heavy (non-hydrogen) atoms. The van der Waals surface area contributed by atoms with Crippen molar-refractivity contribution in [2.75, 3.05) is 6.54 Å². The smallest absolute Gasteiger partial charge is 0.321 e. The van der Waals surface area contributed by atoms with E-state index in [1.165, 1.54) is 6.42 Å². The molecule has 6 heteroatoms. The van der Waals surface area contributed by atoms with E-state index in [2.05, 4.69) is 22.9 Å². The van der Waals surface area contributed by atoms with E-state index >= 15 is 0 Å². The van der Waals surface area contributed by atoms with Crippen LogP contribution in [-0.2, 0) is 4.79 Å². The maximum atomic E-state index is 11.9. The summed E-state index contributed by atoms with van der Waals surface area (Å²) in [6.07, 6.45) is 4.43. The minimum absolute atomic E-state index is 0.0556. The van der Waals surface area contributed by atoms with Gasteiger partial charge in [0.25, 0.3) is 0 Å². The van der Waals surface area contributed by atoms with Gasteiger partial charge in [-0.1, -0.05) is 49.6 Å². The Morgan fingerprint density at radius 3 is 2.67 bits per heavy atom. The maximum absolute atomic E-state index is 11.9. The summed E-state index contributed by atoms with van der Waals surface area (Å²) in [7, 11) is 0. The second kappa shape index (κ2) is 9.04. The largest absolute Gasteiger partial charge is 0.335 e. The fourth-order valence-electron chi connectivity index (χ4n) is 3.09. The zero-order chi connectivity index (χ0) is 17.5. The summed E-state index contributed by atoms with van der Waals surface area (Å²) in [6.45, 7) is 4.12. The van der Waals surface area contributed by atoms with Crippen molar-refractivity contribution in [2.24, 2.45) is 5.92 Å². The van der Waals surface area contributed by atoms with Crippen LogP contribution in [0.2, 0.25) is 5.02 Å². The Hall–Kier alpha value is -1.59. The number of amides is 3. The minimum Gasteiger partial charge on any atom is -0.335 e. The van der Waals surface area contributed by atoms with Gasteiger partial charge in [0.05, 0.1) is 6.54 Å². The first-order valence-electron chi connectivity index (χ1n) is 8.55. The Labute approximate surface area is 148 Å². The number of urea groups is 1. The van der Waals surface area contributed by atoms with Crippen LogP contribution in [0.5, 0.6) is 0 Å². The summed E-state index contributed by atoms with van der Waals surface area (Å²) >= 11 is 6.14. The molecule has 0 aliphatic heterocycles. The fourth-order valence-corrected chi connectivity index (χ4v) is 3.39. The lowest BCUT2D eigenvalue weighted by Gasteiger charge is -2.29. The molecule has 2 rings (SSSR count). The van der Waals surface area contributed by atoms with Gasteiger partial charge in [-0.25, -0.2) is 4.79 Å². The van der Waals surface area contributed by atoms with Gasteiger partial charge in [0, 0.05) is 17.1 Å². The van der Waals surface area contributed by atoms with Gasteiger partial charge in [-0.3, -0.25) is 10.1 Å². The number of rotatable bonds is 5. The van der Waals surface area contributed by atoms with Crippen molar-refractivity contribution in [3.63, 3.8) is 0 Å². The van der Waals surface area contributed by atoms with Gasteiger partial charge in [-0.2, -0.15) is 0 Å². The van der Waals surface area contributed by atoms with Crippen LogP contribution in [0, 0.1) is 5.92 Å². The maximum Gasteiger partial charge on any atom is 0.321 e. The van der Waals surface area contributed by atoms with E-state index in [1.807, 2.05) is 31.2 Å². The number of benzene rings is 1. The van der Waals surface area contributed by atoms with Crippen molar-refractivity contribution < 1.29 is 9.59 Å². The molecule has 3 amide bonds. The van der Waals surface area contributed by atoms with E-state index in [9.17, 15) is 9.59 Å². The molecule has 0 bridgehead atoms. The summed E-state index contributed by atoms with van der Waals surface area (Å²) in [6, 6.07) is 7.15. The SMILES string of the molecule is CC(NCC(=O)NC(=O)NC1CCCCC1C)c1ccccc1Cl. The third-order valence-corrected chi connectivity index (χ3v) is 4.97. The summed E-state index contributed by atoms with van der Waals surface area (Å²) in [5.41, 5.74) is 0.924. The lowest BCUT2D eigenvalue weighted by molar-refractivity contribution is -0.119. The molecule has 0 spiro atoms. The van der Waals surface area contributed by atoms with Crippen molar-refractivity contribution >= 4 is 23.5 Å². The molecule has 3 atom stereocenters. The zero-order valence-corrected chi connectivity index (χ0v) is 15.0. The number of hydrogen-bond donors (Lipinski definition) is 3. The van der Waals surface area contributed by atoms with Gasteiger partial charge in [-0.15, -0.1) is 0 Å². The summed E-state index contributed by atoms with van der Waals surface area (Å²) < 4.78 is 0. The Morgan fingerprint density at radius 2 is 1.96 bits per heavy atom. The highest BCUT2D eigenvalue weighted by Crippen LogP contribution is 2.23. The van der Waals surface area contributed by atoms with Crippen molar-refractivity contribution in [2.45, 2.75) is 51.6 Å². The molecule has 3 unspecified atom stereocenters. The average molecular weight is 352 g/mol. The van der Waals surface area contributed by atoms with Gasteiger partial charge < -0.3 is 10.6 Å². The lowest BCUT2D eigenvalue weighted by Crippen LogP contribution is -2.49. The van der Waals surface area contributed by atoms with E-state index in [4.69, 9.17) is 11.6 Å². The Kier molecular flexibility index (Phi) is 7.06. The quantitative estimate of drug-likeness (QED) is 0.761. The minimum atomic E-state index is -0.411. The Bertz CT molecular complexity index is 579. The molecule has 1 aliphatic rings. The van der Waals surface area contributed by atoms with E-state index in [-0.39, 0.29) is 24.5 Å². The lowest BCUT2D eigenvalue weighted by atomic mass is 9.86. The molecule has 1 aromatic carbocycles. The van der Waals surface area contributed by atoms with Crippen LogP contribution in [0.4, 0.5) is 4.79 Å². The summed E-state index contributed by atoms with van der Waals surface area (Å²) in [4.78, 5) is 23.9. The molecular formula is C18H26ClN3O2. The van der Waals surface area contributed by atoms with Gasteiger partial charge in [0.2, 0.25) is 5.91 Å². The second-order valence-electron chi connectivity index (χ2n) is 6.51. The van der Waals surface area contributed by atoms with Crippen LogP contribution >= 0.6 is 11.6 Å². The number of carbonyl (C=O) groups excluding carboxylic acids is 2. The van der Waals surface area contributed by atoms with Crippen molar-refractivity contribution in [3.8, 4) is 0 Å². The van der Waals surface area contributed by atoms with Crippen LogP contribution in [-0.4, -0.2) is 24.5 Å². The Morgan fingerprint density at radius 1 is 1.25 bits per heavy atom. The number of carbonyl (C=O) groups is 2. The van der Waals surface area contributed by atoms with Crippen LogP contribution < -0.4 is 16.0 Å². The highest BCUT2D eigenvalue weighted by molar-refractivity contribution is 6.31. The first kappa shape index (κ1) is 18.7. The molecule has 0 heterocycles. The topological polar surface area (TPSA) is 70.2 Å². The molecular weight excluding hydrogens is 326 g/mol. The molecule has 5 nitrogen and oxygen atoms in total. The fraction of sp³-hybridized carbons (Fsp3) is 0.556. The van der Waals surface area contributed by atoms with Crippen molar-refractivity contribution in [3.05, 3.63) is 34.9 Å². The summed E-state index contributed by atoms with van der Waals surface area (Å²) in [5, 5.41) is 9.03. The van der Waals surface area contributed by atoms with Gasteiger partial charge in [0.15, 0.2) is 0 Å². The Balaban J connectivity index is 1.74. The first-order valence-corrected chi connectivity index (χ1v) is 8.93. The second-order valence-corrected chi connectivity index (χ2v) is 6.92. The molecule has 0 saturated heterocycles. The monoisotopic (exact) mass is 351 g/mol. The number of halogens is 1. The van der Waals surface area contributed by atoms with Crippen LogP contribution in [0.3, 0.4) is 0 Å². The van der Waals surface area contributed by atoms with Crippen LogP contribution in [0.15, 0.2) is 24.3 Å². The van der Waals surface area contributed by atoms with E-state index in [1.54, 1.807) is 0 Å². The average Bonchev–Trinajstić information content (AvgIpc) is 2.55. The molecule has 132 valence electrons. The van der Waals surface area contributed by atoms with Crippen molar-refractivity contribution in [1.82, 2.24) is 16.0 Å². The van der Waals surface area contributed by atoms with E-state index in [0.717, 1.165) is 24.8 Å². The molecule has 0 radical (unpaired) electrons. The zero-order valence-electron chi connectivity index (χ0n) is 14.3. The van der Waals surface area contributed by atoms with Crippen LogP contribution in [0.25, 0.3) is 0 Å². The normalized spacial score (nSPS) is 21.8. The number of hydrogen-bond acceptors (Lipinski definition) is 3. The third-order valence-electron chi connectivity index (χ3n) is 4.62. The standard InChI is InChI=1S/C18H26ClN3O2/c1-12-7-3-6-10-16(12)21-18(24)22-17(23)11-20-13(2)14-8-4-5-9-15(14)19/h4-5,8-9,12-13,16,20H,3,6-7,10-11H2,1-2H3,(H2,21,22,23,24). The molecule has 1 aromatic rings. The highest BCUT2D eigenvalue weighted by atomic mass is 35.5. The summed E-state index contributed by atoms with van der Waals surface area (Å²) in [5.74, 6) is 0.104. The third kappa shape index (κ3) is 5.49. The predicted molar refractivity (Wildman–Crippen MR) is 96.0 cm³/mol. The first-order chi connectivity index (χ1) is 11.5. The molecule has 1 aliphatic carbocycles. The number of nitrogens with one attached hydrogen (secondary N) is 3. The van der Waals surface area contributed by atoms with E-state index in [0.29, 0.717) is 10.9 Å². The molecule has 1 fully saturated rings. The van der Waals surface area contributed by atoms with Gasteiger partial charge >= 0.3 is 6.03 Å². The number of imide groups is 1. The van der Waals surface area contributed by atoms with Crippen molar-refractivity contribution in [1.29, 1.82) is 0 Å². The molecule has 3 N–H and O–H groups in total. The predicted octanol–water partition coefficient (Wildman–Crippen LogP) is 3.40. The molecule has 1 saturated carbocycles. The van der Waals surface area contributed by atoms with E-state index < -0.39 is 6.03 Å². The van der Waals surface area contributed by atoms with Gasteiger partial charge in [-0.05, 0) is 37.3 Å².